The van der Waals surface area contributed by atoms with Crippen LogP contribution in [0.4, 0.5) is 0 Å². The average molecular weight is 248 g/mol. The molecule has 0 heterocycles. The van der Waals surface area contributed by atoms with Crippen molar-refractivity contribution < 1.29 is 13.0 Å². The Kier molecular flexibility index (Phi) is 4.48. The number of benzene rings is 2. The summed E-state index contributed by atoms with van der Waals surface area (Å²) in [7, 11) is -4.13. The molecule has 74 valence electrons. The van der Waals surface area contributed by atoms with Crippen LogP contribution < -0.4 is 0 Å². The predicted molar refractivity (Wildman–Crippen MR) is 60.9 cm³/mol. The molecule has 2 aromatic rings. The van der Waals surface area contributed by atoms with E-state index in [0.717, 1.165) is 5.39 Å². The van der Waals surface area contributed by atoms with Crippen LogP contribution in [0.5, 0.6) is 0 Å². The van der Waals surface area contributed by atoms with Crippen molar-refractivity contribution >= 4 is 72.3 Å². The summed E-state index contributed by atoms with van der Waals surface area (Å²) < 4.78 is 31.0. The van der Waals surface area contributed by atoms with Crippen LogP contribution in [0.2, 0.25) is 0 Å². The van der Waals surface area contributed by atoms with Crippen LogP contribution in [0.1, 0.15) is 0 Å². The van der Waals surface area contributed by atoms with Gasteiger partial charge in [0.1, 0.15) is 4.90 Å². The van der Waals surface area contributed by atoms with Crippen LogP contribution in [-0.2, 0) is 10.1 Å². The summed E-state index contributed by atoms with van der Waals surface area (Å²) in [6.45, 7) is 0. The molecule has 0 fully saturated rings. The van der Waals surface area contributed by atoms with E-state index < -0.39 is 10.1 Å². The van der Waals surface area contributed by atoms with Crippen LogP contribution >= 0.6 is 0 Å². The third kappa shape index (κ3) is 2.88. The number of hydrogen-bond acceptors (Lipinski definition) is 2. The van der Waals surface area contributed by atoms with Gasteiger partial charge < -0.3 is 0 Å². The number of rotatable bonds is 1. The quantitative estimate of drug-likeness (QED) is 0.613. The first-order valence-electron chi connectivity index (χ1n) is 4.04. The average Bonchev–Trinajstić information content (AvgIpc) is 2.15. The van der Waals surface area contributed by atoms with E-state index in [1.165, 1.54) is 6.07 Å². The normalized spacial score (nSPS) is 11.0. The zero-order chi connectivity index (χ0) is 10.2. The Bertz CT molecular complexity index is 573. The third-order valence-electron chi connectivity index (χ3n) is 2.03. The van der Waals surface area contributed by atoms with Gasteiger partial charge in [0.05, 0.1) is 0 Å². The Labute approximate surface area is 131 Å². The third-order valence-corrected chi connectivity index (χ3v) is 2.94. The zero-order valence-electron chi connectivity index (χ0n) is 7.21. The fraction of sp³-hybridized carbons (Fsp3) is 0. The van der Waals surface area contributed by atoms with Crippen molar-refractivity contribution in [1.29, 1.82) is 0 Å². The molecule has 0 saturated carbocycles. The number of fused-ring (bicyclic) bond motifs is 1. The van der Waals surface area contributed by atoms with Crippen molar-refractivity contribution in [3.63, 3.8) is 0 Å². The Balaban J connectivity index is 0.00000112. The Morgan fingerprint density at radius 3 is 2.20 bits per heavy atom. The number of hydrogen-bond donors (Lipinski definition) is 1. The van der Waals surface area contributed by atoms with E-state index >= 15 is 0 Å². The maximum absolute atomic E-state index is 11.0. The summed E-state index contributed by atoms with van der Waals surface area (Å²) in [5, 5.41) is 1.33. The molecule has 0 aliphatic rings. The molecule has 0 aliphatic carbocycles. The molecule has 0 spiro atoms. The first-order chi connectivity index (χ1) is 6.59. The first-order valence-corrected chi connectivity index (χ1v) is 5.48. The van der Waals surface area contributed by atoms with Crippen molar-refractivity contribution in [3.05, 3.63) is 42.5 Å². The summed E-state index contributed by atoms with van der Waals surface area (Å²) in [6, 6.07) is 11.8. The van der Waals surface area contributed by atoms with Crippen LogP contribution in [0.3, 0.4) is 0 Å². The molecule has 0 saturated heterocycles. The molecule has 0 aliphatic heterocycles. The fourth-order valence-corrected chi connectivity index (χ4v) is 2.13. The fourth-order valence-electron chi connectivity index (χ4n) is 1.42. The minimum absolute atomic E-state index is 0. The Hall–Kier alpha value is 0.246. The van der Waals surface area contributed by atoms with Gasteiger partial charge in [-0.3, -0.25) is 4.55 Å². The van der Waals surface area contributed by atoms with E-state index in [4.69, 9.17) is 4.55 Å². The first kappa shape index (κ1) is 13.3. The molecule has 2 rings (SSSR count). The molecule has 0 bridgehead atoms. The van der Waals surface area contributed by atoms with Gasteiger partial charge in [-0.25, -0.2) is 0 Å². The molecule has 5 heteroatoms. The molecular formula is C10H9KO3S. The topological polar surface area (TPSA) is 54.4 Å². The van der Waals surface area contributed by atoms with Gasteiger partial charge in [0.2, 0.25) is 0 Å². The van der Waals surface area contributed by atoms with Crippen molar-refractivity contribution in [2.75, 3.05) is 0 Å². The molecule has 0 aromatic heterocycles. The summed E-state index contributed by atoms with van der Waals surface area (Å²) in [5.74, 6) is 0. The van der Waals surface area contributed by atoms with Gasteiger partial charge >= 0.3 is 51.4 Å². The molecular weight excluding hydrogens is 239 g/mol. The second-order valence-electron chi connectivity index (χ2n) is 2.95. The van der Waals surface area contributed by atoms with Crippen LogP contribution in [0.25, 0.3) is 10.8 Å². The summed E-state index contributed by atoms with van der Waals surface area (Å²) in [4.78, 5) is -0.0457. The molecule has 15 heavy (non-hydrogen) atoms. The Morgan fingerprint density at radius 2 is 1.53 bits per heavy atom. The van der Waals surface area contributed by atoms with Crippen molar-refractivity contribution in [2.45, 2.75) is 4.90 Å². The summed E-state index contributed by atoms with van der Waals surface area (Å²) >= 11 is 0. The summed E-state index contributed by atoms with van der Waals surface area (Å²) in [6.07, 6.45) is 0. The Morgan fingerprint density at radius 1 is 0.933 bits per heavy atom. The molecule has 3 nitrogen and oxygen atoms in total. The standard InChI is InChI=1S/C10H8O3S.K.H/c11-14(12,13)10-7-3-5-8-4-1-2-6-9(8)10;;/h1-7H,(H,11,12,13);;. The van der Waals surface area contributed by atoms with Gasteiger partial charge in [-0.1, -0.05) is 36.4 Å². The van der Waals surface area contributed by atoms with E-state index in [-0.39, 0.29) is 56.3 Å². The van der Waals surface area contributed by atoms with E-state index in [2.05, 4.69) is 0 Å². The van der Waals surface area contributed by atoms with Crippen molar-refractivity contribution in [1.82, 2.24) is 0 Å². The van der Waals surface area contributed by atoms with Gasteiger partial charge in [0, 0.05) is 5.39 Å². The van der Waals surface area contributed by atoms with Gasteiger partial charge in [0.25, 0.3) is 10.1 Å². The SMILES string of the molecule is O=S(=O)(O)c1cccc2ccccc12.[KH]. The van der Waals surface area contributed by atoms with Gasteiger partial charge in [0.15, 0.2) is 0 Å². The minimum atomic E-state index is -4.13. The summed E-state index contributed by atoms with van der Waals surface area (Å²) in [5.41, 5.74) is 0. The van der Waals surface area contributed by atoms with E-state index in [0.29, 0.717) is 5.39 Å². The predicted octanol–water partition coefficient (Wildman–Crippen LogP) is 1.44. The molecule has 2 aromatic carbocycles. The van der Waals surface area contributed by atoms with Crippen LogP contribution in [-0.4, -0.2) is 64.4 Å². The monoisotopic (exact) mass is 248 g/mol. The zero-order valence-corrected chi connectivity index (χ0v) is 8.03. The van der Waals surface area contributed by atoms with Crippen molar-refractivity contribution in [3.8, 4) is 0 Å². The van der Waals surface area contributed by atoms with E-state index in [1.807, 2.05) is 6.07 Å². The van der Waals surface area contributed by atoms with Crippen LogP contribution in [0.15, 0.2) is 47.4 Å². The van der Waals surface area contributed by atoms with Crippen LogP contribution in [0, 0.1) is 0 Å². The van der Waals surface area contributed by atoms with Gasteiger partial charge in [-0.2, -0.15) is 8.42 Å². The molecule has 0 amide bonds. The molecule has 0 radical (unpaired) electrons. The second kappa shape index (κ2) is 5.05. The molecule has 0 atom stereocenters. The van der Waals surface area contributed by atoms with Gasteiger partial charge in [-0.05, 0) is 11.5 Å². The van der Waals surface area contributed by atoms with E-state index in [1.54, 1.807) is 30.3 Å². The van der Waals surface area contributed by atoms with Crippen molar-refractivity contribution in [2.24, 2.45) is 0 Å². The molecule has 1 N–H and O–H groups in total. The maximum atomic E-state index is 11.0. The molecule has 0 unspecified atom stereocenters. The van der Waals surface area contributed by atoms with Gasteiger partial charge in [-0.15, -0.1) is 0 Å². The second-order valence-corrected chi connectivity index (χ2v) is 4.34. The van der Waals surface area contributed by atoms with E-state index in [9.17, 15) is 8.42 Å².